The second-order valence-electron chi connectivity index (χ2n) is 12.2. The molecular weight excluding hydrogens is 659 g/mol. The fraction of sp³-hybridized carbons (Fsp3) is 0.286. The molecular formula is C42H45N3O5S. The smallest absolute Gasteiger partial charge is 0.343 e. The maximum absolute atomic E-state index is 13.2. The second-order valence-corrected chi connectivity index (χ2v) is 13.2. The van der Waals surface area contributed by atoms with Crippen LogP contribution in [-0.4, -0.2) is 36.4 Å². The summed E-state index contributed by atoms with van der Waals surface area (Å²) in [5, 5.41) is 5.14. The molecule has 1 aromatic heterocycles. The number of aromatic nitrogens is 1. The highest BCUT2D eigenvalue weighted by Gasteiger charge is 2.13. The molecule has 51 heavy (non-hydrogen) atoms. The predicted octanol–water partition coefficient (Wildman–Crippen LogP) is 9.76. The quantitative estimate of drug-likeness (QED) is 0.0215. The number of fused-ring (bicyclic) bond motifs is 1. The van der Waals surface area contributed by atoms with Gasteiger partial charge < -0.3 is 14.2 Å². The molecule has 0 aliphatic heterocycles. The SMILES string of the molecule is C=CC(=O)OCCCCCCOc1ccc(C(=O)Oc2ccc(CCc3ccc(CCCC)cc3)cc2/C=N/Nc2nc3ccccc3s2)cc1. The van der Waals surface area contributed by atoms with E-state index in [1.54, 1.807) is 30.5 Å². The van der Waals surface area contributed by atoms with Crippen LogP contribution in [0.25, 0.3) is 10.2 Å². The number of para-hydroxylation sites is 1. The minimum absolute atomic E-state index is 0.392. The summed E-state index contributed by atoms with van der Waals surface area (Å²) in [6, 6.07) is 29.6. The van der Waals surface area contributed by atoms with E-state index in [0.717, 1.165) is 60.7 Å². The largest absolute Gasteiger partial charge is 0.494 e. The molecule has 0 saturated heterocycles. The molecule has 0 spiro atoms. The molecule has 0 aliphatic rings. The number of thiazole rings is 1. The van der Waals surface area contributed by atoms with Gasteiger partial charge in [-0.3, -0.25) is 5.43 Å². The summed E-state index contributed by atoms with van der Waals surface area (Å²) in [6.45, 7) is 6.56. The van der Waals surface area contributed by atoms with Crippen LogP contribution >= 0.6 is 11.3 Å². The molecule has 0 bridgehead atoms. The lowest BCUT2D eigenvalue weighted by molar-refractivity contribution is -0.137. The van der Waals surface area contributed by atoms with E-state index < -0.39 is 11.9 Å². The Bertz CT molecular complexity index is 1870. The highest BCUT2D eigenvalue weighted by molar-refractivity contribution is 7.22. The molecule has 5 aromatic rings. The molecule has 0 unspecified atom stereocenters. The van der Waals surface area contributed by atoms with Gasteiger partial charge in [-0.15, -0.1) is 0 Å². The molecule has 0 atom stereocenters. The van der Waals surface area contributed by atoms with Gasteiger partial charge in [0.25, 0.3) is 0 Å². The number of carbonyl (C=O) groups excluding carboxylic acids is 2. The fourth-order valence-electron chi connectivity index (χ4n) is 5.39. The van der Waals surface area contributed by atoms with Crippen LogP contribution in [0.3, 0.4) is 0 Å². The number of rotatable bonds is 20. The van der Waals surface area contributed by atoms with Gasteiger partial charge in [-0.05, 0) is 117 Å². The van der Waals surface area contributed by atoms with Crippen LogP contribution in [0.4, 0.5) is 5.13 Å². The number of nitrogens with one attached hydrogen (secondary N) is 1. The Labute approximate surface area is 304 Å². The van der Waals surface area contributed by atoms with Crippen LogP contribution in [0.15, 0.2) is 109 Å². The number of aryl methyl sites for hydroxylation is 3. The van der Waals surface area contributed by atoms with Crippen LogP contribution in [0.5, 0.6) is 11.5 Å². The van der Waals surface area contributed by atoms with E-state index in [1.807, 2.05) is 42.5 Å². The fourth-order valence-corrected chi connectivity index (χ4v) is 6.21. The molecule has 0 fully saturated rings. The number of anilines is 1. The average Bonchev–Trinajstić information content (AvgIpc) is 3.58. The first kappa shape index (κ1) is 37.0. The lowest BCUT2D eigenvalue weighted by Gasteiger charge is -2.11. The summed E-state index contributed by atoms with van der Waals surface area (Å²) in [7, 11) is 0. The molecule has 0 radical (unpaired) electrons. The van der Waals surface area contributed by atoms with Gasteiger partial charge in [0, 0.05) is 11.6 Å². The third kappa shape index (κ3) is 11.9. The highest BCUT2D eigenvalue weighted by atomic mass is 32.1. The minimum Gasteiger partial charge on any atom is -0.494 e. The van der Waals surface area contributed by atoms with E-state index in [1.165, 1.54) is 41.4 Å². The Morgan fingerprint density at radius 3 is 2.27 bits per heavy atom. The zero-order valence-electron chi connectivity index (χ0n) is 29.1. The molecule has 0 saturated carbocycles. The van der Waals surface area contributed by atoms with Crippen molar-refractivity contribution in [1.29, 1.82) is 0 Å². The Balaban J connectivity index is 1.19. The van der Waals surface area contributed by atoms with Gasteiger partial charge in [-0.2, -0.15) is 5.10 Å². The maximum atomic E-state index is 13.2. The lowest BCUT2D eigenvalue weighted by atomic mass is 10.0. The third-order valence-corrected chi connectivity index (χ3v) is 9.23. The summed E-state index contributed by atoms with van der Waals surface area (Å²) < 4.78 is 17.8. The summed E-state index contributed by atoms with van der Waals surface area (Å²) in [4.78, 5) is 28.9. The average molecular weight is 704 g/mol. The van der Waals surface area contributed by atoms with Crippen molar-refractivity contribution in [1.82, 2.24) is 4.98 Å². The number of hydrogen-bond acceptors (Lipinski definition) is 9. The number of benzene rings is 4. The zero-order valence-corrected chi connectivity index (χ0v) is 30.0. The molecule has 8 nitrogen and oxygen atoms in total. The van der Waals surface area contributed by atoms with E-state index in [4.69, 9.17) is 14.2 Å². The van der Waals surface area contributed by atoms with Gasteiger partial charge >= 0.3 is 11.9 Å². The second kappa shape index (κ2) is 19.8. The lowest BCUT2D eigenvalue weighted by Crippen LogP contribution is -2.10. The van der Waals surface area contributed by atoms with Crippen molar-refractivity contribution < 1.29 is 23.8 Å². The molecule has 9 heteroatoms. The number of hydrogen-bond donors (Lipinski definition) is 1. The summed E-state index contributed by atoms with van der Waals surface area (Å²) >= 11 is 1.52. The minimum atomic E-state index is -0.469. The van der Waals surface area contributed by atoms with Gasteiger partial charge in [-0.1, -0.05) is 73.7 Å². The van der Waals surface area contributed by atoms with E-state index in [2.05, 4.69) is 53.3 Å². The number of unbranched alkanes of at least 4 members (excludes halogenated alkanes) is 4. The molecule has 4 aromatic carbocycles. The number of hydrazone groups is 1. The Morgan fingerprint density at radius 2 is 1.53 bits per heavy atom. The number of esters is 2. The zero-order chi connectivity index (χ0) is 35.7. The Morgan fingerprint density at radius 1 is 0.824 bits per heavy atom. The van der Waals surface area contributed by atoms with Gasteiger partial charge in [0.15, 0.2) is 0 Å². The van der Waals surface area contributed by atoms with Crippen molar-refractivity contribution in [2.24, 2.45) is 5.10 Å². The third-order valence-electron chi connectivity index (χ3n) is 8.29. The van der Waals surface area contributed by atoms with Gasteiger partial charge in [0.05, 0.1) is 35.2 Å². The number of carbonyl (C=O) groups is 2. The first-order valence-corrected chi connectivity index (χ1v) is 18.4. The van der Waals surface area contributed by atoms with Crippen molar-refractivity contribution in [3.63, 3.8) is 0 Å². The van der Waals surface area contributed by atoms with Crippen molar-refractivity contribution in [3.05, 3.63) is 131 Å². The van der Waals surface area contributed by atoms with Crippen LogP contribution in [0.2, 0.25) is 0 Å². The monoisotopic (exact) mass is 703 g/mol. The van der Waals surface area contributed by atoms with Crippen molar-refractivity contribution >= 4 is 44.8 Å². The van der Waals surface area contributed by atoms with Crippen molar-refractivity contribution in [2.45, 2.75) is 64.7 Å². The Kier molecular flexibility index (Phi) is 14.4. The summed E-state index contributed by atoms with van der Waals surface area (Å²) in [5.41, 5.74) is 8.83. The van der Waals surface area contributed by atoms with Crippen LogP contribution < -0.4 is 14.9 Å². The molecule has 1 N–H and O–H groups in total. The molecule has 1 heterocycles. The van der Waals surface area contributed by atoms with Gasteiger partial charge in [-0.25, -0.2) is 14.6 Å². The summed E-state index contributed by atoms with van der Waals surface area (Å²) in [6.07, 6.45) is 11.7. The standard InChI is InChI=1S/C42H45N3O5S/c1-3-5-12-31-15-17-32(18-16-31)19-20-33-21-26-38(35(29-33)30-43-45-42-44-37-13-8-9-14-39(37)51-42)50-41(47)34-22-24-36(25-23-34)48-27-10-6-7-11-28-49-40(46)4-2/h4,8-9,13-18,21-26,29-30H,2-3,5-7,10-12,19-20,27-28H2,1H3,(H,44,45)/b43-30+. The van der Waals surface area contributed by atoms with Crippen LogP contribution in [-0.2, 0) is 28.8 Å². The van der Waals surface area contributed by atoms with Crippen LogP contribution in [0.1, 0.15) is 78.1 Å². The molecule has 0 aliphatic carbocycles. The summed E-state index contributed by atoms with van der Waals surface area (Å²) in [5.74, 6) is 0.235. The maximum Gasteiger partial charge on any atom is 0.343 e. The van der Waals surface area contributed by atoms with Crippen molar-refractivity contribution in [3.8, 4) is 11.5 Å². The van der Waals surface area contributed by atoms with E-state index in [9.17, 15) is 9.59 Å². The molecule has 264 valence electrons. The normalized spacial score (nSPS) is 11.1. The first-order chi connectivity index (χ1) is 25.0. The molecule has 0 amide bonds. The van der Waals surface area contributed by atoms with Gasteiger partial charge in [0.1, 0.15) is 11.5 Å². The molecule has 5 rings (SSSR count). The predicted molar refractivity (Wildman–Crippen MR) is 206 cm³/mol. The topological polar surface area (TPSA) is 99.1 Å². The van der Waals surface area contributed by atoms with E-state index >= 15 is 0 Å². The Hall–Kier alpha value is -5.28. The first-order valence-electron chi connectivity index (χ1n) is 17.6. The number of ether oxygens (including phenoxy) is 3. The van der Waals surface area contributed by atoms with Crippen LogP contribution in [0, 0.1) is 0 Å². The number of nitrogens with zero attached hydrogens (tertiary/aromatic N) is 2. The van der Waals surface area contributed by atoms with Crippen molar-refractivity contribution in [2.75, 3.05) is 18.6 Å². The highest BCUT2D eigenvalue weighted by Crippen LogP contribution is 2.26. The van der Waals surface area contributed by atoms with Gasteiger partial charge in [0.2, 0.25) is 5.13 Å². The van der Waals surface area contributed by atoms with E-state index in [-0.39, 0.29) is 0 Å². The van der Waals surface area contributed by atoms with E-state index in [0.29, 0.717) is 41.0 Å².